The molecule has 2 aliphatic rings. The number of unbranched alkanes of at least 4 members (excludes halogenated alkanes) is 6. The lowest BCUT2D eigenvalue weighted by Crippen LogP contribution is -2.64. The van der Waals surface area contributed by atoms with Gasteiger partial charge in [-0.15, -0.1) is 0 Å². The predicted molar refractivity (Wildman–Crippen MR) is 128 cm³/mol. The summed E-state index contributed by atoms with van der Waals surface area (Å²) in [5, 5.41) is 68.4. The van der Waals surface area contributed by atoms with Crippen LogP contribution in [0.1, 0.15) is 65.2 Å². The fourth-order valence-electron chi connectivity index (χ4n) is 4.37. The second kappa shape index (κ2) is 16.4. The summed E-state index contributed by atoms with van der Waals surface area (Å²) >= 11 is 0. The molecule has 2 fully saturated rings. The van der Waals surface area contributed by atoms with E-state index in [1.54, 1.807) is 0 Å². The Bertz CT molecular complexity index is 515. The van der Waals surface area contributed by atoms with Crippen LogP contribution >= 0.6 is 0 Å². The fraction of sp³-hybridized carbons (Fsp3) is 1.00. The van der Waals surface area contributed by atoms with Gasteiger partial charge in [0.15, 0.2) is 12.6 Å². The van der Waals surface area contributed by atoms with Crippen molar-refractivity contribution in [3.63, 3.8) is 0 Å². The van der Waals surface area contributed by atoms with Crippen LogP contribution in [-0.2, 0) is 14.2 Å². The molecule has 8 N–H and O–H groups in total. The quantitative estimate of drug-likeness (QED) is 0.120. The number of aliphatic hydroxyl groups is 6. The minimum atomic E-state index is -1.60. The highest BCUT2D eigenvalue weighted by Gasteiger charge is 2.49. The molecule has 0 aromatic heterocycles. The maximum absolute atomic E-state index is 10.4. The Kier molecular flexibility index (Phi) is 14.4. The van der Waals surface area contributed by atoms with E-state index in [-0.39, 0.29) is 13.1 Å². The molecule has 0 aliphatic carbocycles. The standard InChI is InChI=1S/C24H48N2O9/c1-3-5-7-9-11-25-13-15-17(27)19(29)21(31)23(33-15)35-24-22(32)20(30)18(28)16(34-24)14-26-12-10-8-6-4-2/h15-32H,3-14H2,1-2H3/t15-,16-,17-,18-,19+,20+,21-,22-,23-,24-/m1/s1. The van der Waals surface area contributed by atoms with Crippen LogP contribution in [-0.4, -0.2) is 118 Å². The highest BCUT2D eigenvalue weighted by molar-refractivity contribution is 4.93. The smallest absolute Gasteiger partial charge is 0.189 e. The molecule has 0 unspecified atom stereocenters. The second-order valence-electron chi connectivity index (χ2n) is 9.70. The van der Waals surface area contributed by atoms with Crippen LogP contribution in [0.3, 0.4) is 0 Å². The van der Waals surface area contributed by atoms with Gasteiger partial charge in [-0.1, -0.05) is 52.4 Å². The number of ether oxygens (including phenoxy) is 3. The zero-order valence-corrected chi connectivity index (χ0v) is 21.2. The van der Waals surface area contributed by atoms with E-state index in [2.05, 4.69) is 24.5 Å². The van der Waals surface area contributed by atoms with Gasteiger partial charge in [0.05, 0.1) is 0 Å². The molecule has 11 nitrogen and oxygen atoms in total. The Morgan fingerprint density at radius 1 is 0.543 bits per heavy atom. The van der Waals surface area contributed by atoms with Crippen molar-refractivity contribution in [1.82, 2.24) is 10.6 Å². The summed E-state index contributed by atoms with van der Waals surface area (Å²) in [6, 6.07) is 0. The average Bonchev–Trinajstić information content (AvgIpc) is 2.85. The summed E-state index contributed by atoms with van der Waals surface area (Å²) in [4.78, 5) is 0. The molecule has 10 atom stereocenters. The number of nitrogens with one attached hydrogen (secondary N) is 2. The van der Waals surface area contributed by atoms with Gasteiger partial charge in [0.2, 0.25) is 0 Å². The molecule has 2 heterocycles. The summed E-state index contributed by atoms with van der Waals surface area (Å²) in [5.74, 6) is 0. The summed E-state index contributed by atoms with van der Waals surface area (Å²) in [6.45, 7) is 6.17. The van der Waals surface area contributed by atoms with Crippen molar-refractivity contribution in [1.29, 1.82) is 0 Å². The molecule has 0 amide bonds. The molecule has 0 aromatic carbocycles. The molecule has 0 aromatic rings. The molecule has 35 heavy (non-hydrogen) atoms. The van der Waals surface area contributed by atoms with Crippen LogP contribution in [0.5, 0.6) is 0 Å². The van der Waals surface area contributed by atoms with Crippen molar-refractivity contribution in [3.8, 4) is 0 Å². The van der Waals surface area contributed by atoms with Crippen LogP contribution in [0.25, 0.3) is 0 Å². The van der Waals surface area contributed by atoms with Crippen molar-refractivity contribution < 1.29 is 44.8 Å². The first-order chi connectivity index (χ1) is 16.8. The maximum atomic E-state index is 10.4. The Labute approximate surface area is 208 Å². The minimum absolute atomic E-state index is 0.233. The summed E-state index contributed by atoms with van der Waals surface area (Å²) in [7, 11) is 0. The van der Waals surface area contributed by atoms with E-state index in [4.69, 9.17) is 14.2 Å². The third-order valence-corrected chi connectivity index (χ3v) is 6.71. The molecule has 11 heteroatoms. The van der Waals surface area contributed by atoms with E-state index in [0.29, 0.717) is 0 Å². The SMILES string of the molecule is CCCCCCNC[C@H]1O[C@H](O[C@H]2O[C@H](CNCCCCCC)[C@@H](O)[C@H](O)[C@H]2O)[C@H](O)[C@@H](O)[C@@H]1O. The van der Waals surface area contributed by atoms with Gasteiger partial charge in [-0.05, 0) is 25.9 Å². The van der Waals surface area contributed by atoms with E-state index in [0.717, 1.165) is 64.5 Å². The number of hydrogen-bond donors (Lipinski definition) is 8. The van der Waals surface area contributed by atoms with Gasteiger partial charge in [-0.3, -0.25) is 0 Å². The minimum Gasteiger partial charge on any atom is -0.388 e. The molecule has 0 saturated carbocycles. The van der Waals surface area contributed by atoms with Gasteiger partial charge in [0, 0.05) is 13.1 Å². The monoisotopic (exact) mass is 508 g/mol. The van der Waals surface area contributed by atoms with E-state index >= 15 is 0 Å². The number of hydrogen-bond acceptors (Lipinski definition) is 11. The van der Waals surface area contributed by atoms with Crippen molar-refractivity contribution in [2.24, 2.45) is 0 Å². The van der Waals surface area contributed by atoms with Crippen molar-refractivity contribution in [2.45, 2.75) is 127 Å². The van der Waals surface area contributed by atoms with Gasteiger partial charge in [0.25, 0.3) is 0 Å². The zero-order valence-electron chi connectivity index (χ0n) is 21.2. The molecule has 0 bridgehead atoms. The van der Waals surface area contributed by atoms with Crippen molar-refractivity contribution >= 4 is 0 Å². The topological polar surface area (TPSA) is 173 Å². The molecular formula is C24H48N2O9. The Morgan fingerprint density at radius 3 is 1.31 bits per heavy atom. The Hall–Kier alpha value is -0.440. The highest BCUT2D eigenvalue weighted by atomic mass is 16.8. The third-order valence-electron chi connectivity index (χ3n) is 6.71. The number of aliphatic hydroxyl groups excluding tert-OH is 6. The summed E-state index contributed by atoms with van der Waals surface area (Å²) in [5.41, 5.74) is 0. The molecular weight excluding hydrogens is 460 g/mol. The van der Waals surface area contributed by atoms with Gasteiger partial charge < -0.3 is 55.5 Å². The molecule has 2 rings (SSSR count). The van der Waals surface area contributed by atoms with E-state index in [1.807, 2.05) is 0 Å². The third kappa shape index (κ3) is 9.42. The van der Waals surface area contributed by atoms with E-state index < -0.39 is 61.4 Å². The number of rotatable bonds is 16. The second-order valence-corrected chi connectivity index (χ2v) is 9.70. The lowest BCUT2D eigenvalue weighted by molar-refractivity contribution is -0.372. The lowest BCUT2D eigenvalue weighted by Gasteiger charge is -2.45. The molecule has 208 valence electrons. The normalized spacial score (nSPS) is 38.1. The molecule has 2 aliphatic heterocycles. The Morgan fingerprint density at radius 2 is 0.943 bits per heavy atom. The molecule has 0 radical (unpaired) electrons. The van der Waals surface area contributed by atoms with Gasteiger partial charge in [-0.25, -0.2) is 0 Å². The summed E-state index contributed by atoms with van der Waals surface area (Å²) in [6.07, 6.45) is -4.80. The van der Waals surface area contributed by atoms with Crippen molar-refractivity contribution in [3.05, 3.63) is 0 Å². The molecule has 2 saturated heterocycles. The van der Waals surface area contributed by atoms with Gasteiger partial charge in [0.1, 0.15) is 48.8 Å². The largest absolute Gasteiger partial charge is 0.388 e. The average molecular weight is 509 g/mol. The van der Waals surface area contributed by atoms with Crippen molar-refractivity contribution in [2.75, 3.05) is 26.2 Å². The fourth-order valence-corrected chi connectivity index (χ4v) is 4.37. The first-order valence-electron chi connectivity index (χ1n) is 13.3. The predicted octanol–water partition coefficient (Wildman–Crippen LogP) is -1.04. The zero-order chi connectivity index (χ0) is 25.8. The van der Waals surface area contributed by atoms with Crippen LogP contribution in [0, 0.1) is 0 Å². The van der Waals surface area contributed by atoms with Crippen LogP contribution in [0.4, 0.5) is 0 Å². The van der Waals surface area contributed by atoms with Gasteiger partial charge >= 0.3 is 0 Å². The highest BCUT2D eigenvalue weighted by Crippen LogP contribution is 2.28. The molecule has 0 spiro atoms. The van der Waals surface area contributed by atoms with E-state index in [9.17, 15) is 30.6 Å². The van der Waals surface area contributed by atoms with Gasteiger partial charge in [-0.2, -0.15) is 0 Å². The first kappa shape index (κ1) is 30.8. The van der Waals surface area contributed by atoms with Crippen LogP contribution < -0.4 is 10.6 Å². The summed E-state index contributed by atoms with van der Waals surface area (Å²) < 4.78 is 17.0. The van der Waals surface area contributed by atoms with Crippen LogP contribution in [0.2, 0.25) is 0 Å². The Balaban J connectivity index is 1.89. The van der Waals surface area contributed by atoms with Crippen LogP contribution in [0.15, 0.2) is 0 Å². The first-order valence-corrected chi connectivity index (χ1v) is 13.3. The van der Waals surface area contributed by atoms with E-state index in [1.165, 1.54) is 0 Å². The lowest BCUT2D eigenvalue weighted by atomic mass is 9.97. The maximum Gasteiger partial charge on any atom is 0.189 e.